The van der Waals surface area contributed by atoms with Crippen LogP contribution >= 0.6 is 0 Å². The molecule has 0 unspecified atom stereocenters. The van der Waals surface area contributed by atoms with Gasteiger partial charge in [-0.25, -0.2) is 0 Å². The largest absolute Gasteiger partial charge is 0.417 e. The third kappa shape index (κ3) is 2.47. The van der Waals surface area contributed by atoms with Gasteiger partial charge in [0.2, 0.25) is 5.70 Å². The fourth-order valence-corrected chi connectivity index (χ4v) is 1.48. The topological polar surface area (TPSA) is 60.2 Å². The van der Waals surface area contributed by atoms with Crippen molar-refractivity contribution in [3.8, 4) is 0 Å². The number of hydrogen-bond donors (Lipinski definition) is 0. The summed E-state index contributed by atoms with van der Waals surface area (Å²) in [6.07, 6.45) is -4.68. The van der Waals surface area contributed by atoms with Crippen molar-refractivity contribution in [3.63, 3.8) is 0 Å². The van der Waals surface area contributed by atoms with Gasteiger partial charge < -0.3 is 0 Å². The SMILES string of the molecule is CC(=O)C1=C(C(F)(F)F)C=C([N+](=O)[O-])CC1. The number of carbonyl (C=O) groups excluding carboxylic acids is 1. The fraction of sp³-hybridized carbons (Fsp3) is 0.444. The van der Waals surface area contributed by atoms with E-state index in [1.54, 1.807) is 0 Å². The van der Waals surface area contributed by atoms with Crippen LogP contribution in [0, 0.1) is 10.1 Å². The molecule has 0 amide bonds. The first-order valence-corrected chi connectivity index (χ1v) is 4.39. The second-order valence-electron chi connectivity index (χ2n) is 3.34. The predicted octanol–water partition coefficient (Wildman–Crippen LogP) is 2.39. The second-order valence-corrected chi connectivity index (χ2v) is 3.34. The van der Waals surface area contributed by atoms with E-state index in [1.165, 1.54) is 0 Å². The molecule has 1 aliphatic carbocycles. The van der Waals surface area contributed by atoms with Crippen LogP contribution in [-0.2, 0) is 4.79 Å². The third-order valence-corrected chi connectivity index (χ3v) is 2.23. The number of carbonyl (C=O) groups is 1. The number of ketones is 1. The van der Waals surface area contributed by atoms with Crippen LogP contribution in [0.15, 0.2) is 22.9 Å². The molecule has 0 atom stereocenters. The number of rotatable bonds is 2. The molecule has 88 valence electrons. The Hall–Kier alpha value is -1.66. The molecule has 0 spiro atoms. The lowest BCUT2D eigenvalue weighted by atomic mass is 9.93. The maximum absolute atomic E-state index is 12.5. The van der Waals surface area contributed by atoms with Gasteiger partial charge in [-0.15, -0.1) is 0 Å². The van der Waals surface area contributed by atoms with Crippen molar-refractivity contribution in [2.75, 3.05) is 0 Å². The van der Waals surface area contributed by atoms with E-state index >= 15 is 0 Å². The van der Waals surface area contributed by atoms with Crippen molar-refractivity contribution < 1.29 is 22.9 Å². The summed E-state index contributed by atoms with van der Waals surface area (Å²) in [5.41, 5.74) is -2.10. The molecule has 4 nitrogen and oxygen atoms in total. The molecule has 0 aliphatic heterocycles. The van der Waals surface area contributed by atoms with Gasteiger partial charge in [-0.05, 0) is 13.3 Å². The van der Waals surface area contributed by atoms with Gasteiger partial charge in [-0.2, -0.15) is 13.2 Å². The molecule has 0 saturated carbocycles. The minimum absolute atomic E-state index is 0.151. The summed E-state index contributed by atoms with van der Waals surface area (Å²) in [4.78, 5) is 20.5. The Morgan fingerprint density at radius 3 is 2.38 bits per heavy atom. The Bertz CT molecular complexity index is 407. The molecular formula is C9H8F3NO3. The molecule has 7 heteroatoms. The number of nitro groups is 1. The van der Waals surface area contributed by atoms with Crippen LogP contribution < -0.4 is 0 Å². The lowest BCUT2D eigenvalue weighted by Crippen LogP contribution is -2.20. The van der Waals surface area contributed by atoms with Gasteiger partial charge in [0, 0.05) is 18.1 Å². The Labute approximate surface area is 88.6 Å². The lowest BCUT2D eigenvalue weighted by Gasteiger charge is -2.16. The summed E-state index contributed by atoms with van der Waals surface area (Å²) in [7, 11) is 0. The van der Waals surface area contributed by atoms with E-state index in [4.69, 9.17) is 0 Å². The molecule has 1 aliphatic rings. The fourth-order valence-electron chi connectivity index (χ4n) is 1.48. The minimum atomic E-state index is -4.73. The zero-order chi connectivity index (χ0) is 12.5. The molecule has 0 fully saturated rings. The highest BCUT2D eigenvalue weighted by Crippen LogP contribution is 2.36. The number of hydrogen-bond acceptors (Lipinski definition) is 3. The Kier molecular flexibility index (Phi) is 3.16. The Balaban J connectivity index is 3.28. The lowest BCUT2D eigenvalue weighted by molar-refractivity contribution is -0.428. The van der Waals surface area contributed by atoms with Gasteiger partial charge in [0.25, 0.3) is 0 Å². The number of Topliss-reactive ketones (excluding diaryl/α,β-unsaturated/α-hetero) is 1. The van der Waals surface area contributed by atoms with Crippen LogP contribution in [0.2, 0.25) is 0 Å². The average molecular weight is 235 g/mol. The summed E-state index contributed by atoms with van der Waals surface area (Å²) in [5, 5.41) is 10.4. The first kappa shape index (κ1) is 12.4. The first-order chi connectivity index (χ1) is 7.23. The van der Waals surface area contributed by atoms with Gasteiger partial charge in [-0.3, -0.25) is 14.9 Å². The van der Waals surface area contributed by atoms with Crippen molar-refractivity contribution in [2.24, 2.45) is 0 Å². The van der Waals surface area contributed by atoms with E-state index in [0.717, 1.165) is 6.92 Å². The van der Waals surface area contributed by atoms with E-state index in [-0.39, 0.29) is 12.8 Å². The van der Waals surface area contributed by atoms with Gasteiger partial charge in [0.1, 0.15) is 0 Å². The maximum atomic E-state index is 12.5. The zero-order valence-electron chi connectivity index (χ0n) is 8.30. The average Bonchev–Trinajstić information content (AvgIpc) is 2.15. The van der Waals surface area contributed by atoms with Crippen LogP contribution in [0.3, 0.4) is 0 Å². The Morgan fingerprint density at radius 2 is 2.00 bits per heavy atom. The highest BCUT2D eigenvalue weighted by molar-refractivity contribution is 5.95. The van der Waals surface area contributed by atoms with Crippen molar-refractivity contribution in [1.29, 1.82) is 0 Å². The molecule has 0 heterocycles. The van der Waals surface area contributed by atoms with Gasteiger partial charge >= 0.3 is 6.18 Å². The number of nitrogens with zero attached hydrogens (tertiary/aromatic N) is 1. The van der Waals surface area contributed by atoms with Crippen molar-refractivity contribution in [1.82, 2.24) is 0 Å². The third-order valence-electron chi connectivity index (χ3n) is 2.23. The van der Waals surface area contributed by atoms with E-state index in [0.29, 0.717) is 6.08 Å². The zero-order valence-corrected chi connectivity index (χ0v) is 8.30. The summed E-state index contributed by atoms with van der Waals surface area (Å²) in [5.74, 6) is -0.703. The van der Waals surface area contributed by atoms with Crippen LogP contribution in [0.5, 0.6) is 0 Å². The summed E-state index contributed by atoms with van der Waals surface area (Å²) in [6, 6.07) is 0. The smallest absolute Gasteiger partial charge is 0.295 e. The minimum Gasteiger partial charge on any atom is -0.295 e. The van der Waals surface area contributed by atoms with Gasteiger partial charge in [0.15, 0.2) is 5.78 Å². The molecule has 1 rings (SSSR count). The quantitative estimate of drug-likeness (QED) is 0.545. The molecular weight excluding hydrogens is 227 g/mol. The summed E-state index contributed by atoms with van der Waals surface area (Å²) < 4.78 is 37.5. The molecule has 16 heavy (non-hydrogen) atoms. The molecule has 0 aromatic carbocycles. The van der Waals surface area contributed by atoms with E-state index in [1.807, 2.05) is 0 Å². The molecule has 0 radical (unpaired) electrons. The van der Waals surface area contributed by atoms with Gasteiger partial charge in [0.05, 0.1) is 10.5 Å². The van der Waals surface area contributed by atoms with Crippen molar-refractivity contribution in [2.45, 2.75) is 25.9 Å². The highest BCUT2D eigenvalue weighted by atomic mass is 19.4. The maximum Gasteiger partial charge on any atom is 0.417 e. The monoisotopic (exact) mass is 235 g/mol. The summed E-state index contributed by atoms with van der Waals surface area (Å²) in [6.45, 7) is 1.02. The number of alkyl halides is 3. The van der Waals surface area contributed by atoms with Crippen molar-refractivity contribution in [3.05, 3.63) is 33.0 Å². The van der Waals surface area contributed by atoms with E-state index in [2.05, 4.69) is 0 Å². The van der Waals surface area contributed by atoms with Crippen molar-refractivity contribution >= 4 is 5.78 Å². The van der Waals surface area contributed by atoms with Crippen LogP contribution in [0.1, 0.15) is 19.8 Å². The summed E-state index contributed by atoms with van der Waals surface area (Å²) >= 11 is 0. The van der Waals surface area contributed by atoms with Crippen LogP contribution in [0.4, 0.5) is 13.2 Å². The Morgan fingerprint density at radius 1 is 1.44 bits per heavy atom. The highest BCUT2D eigenvalue weighted by Gasteiger charge is 2.39. The second kappa shape index (κ2) is 4.07. The van der Waals surface area contributed by atoms with E-state index < -0.39 is 33.7 Å². The van der Waals surface area contributed by atoms with Gasteiger partial charge in [-0.1, -0.05) is 0 Å². The molecule has 0 aromatic heterocycles. The molecule has 0 saturated heterocycles. The van der Waals surface area contributed by atoms with E-state index in [9.17, 15) is 28.1 Å². The number of halogens is 3. The predicted molar refractivity (Wildman–Crippen MR) is 48.1 cm³/mol. The van der Waals surface area contributed by atoms with Crippen LogP contribution in [0.25, 0.3) is 0 Å². The van der Waals surface area contributed by atoms with Crippen LogP contribution in [-0.4, -0.2) is 16.9 Å². The normalized spacial score (nSPS) is 17.1. The molecule has 0 aromatic rings. The standard InChI is InChI=1S/C9H8F3NO3/c1-5(14)7-3-2-6(13(15)16)4-8(7)9(10,11)12/h4H,2-3H2,1H3. The first-order valence-electron chi connectivity index (χ1n) is 4.39. The number of allylic oxidation sites excluding steroid dienone is 4. The molecule has 0 N–H and O–H groups in total. The molecule has 0 bridgehead atoms.